The highest BCUT2D eigenvalue weighted by molar-refractivity contribution is 5.88. The van der Waals surface area contributed by atoms with Crippen molar-refractivity contribution in [3.63, 3.8) is 0 Å². The number of carbonyl (C=O) groups excluding carboxylic acids is 4. The minimum atomic E-state index is -0.562. The van der Waals surface area contributed by atoms with E-state index in [0.29, 0.717) is 26.2 Å². The van der Waals surface area contributed by atoms with Crippen molar-refractivity contribution in [3.05, 3.63) is 23.3 Å². The van der Waals surface area contributed by atoms with Crippen LogP contribution in [0.25, 0.3) is 0 Å². The molecule has 1 saturated heterocycles. The van der Waals surface area contributed by atoms with Crippen LogP contribution in [0.4, 0.5) is 0 Å². The normalized spacial score (nSPS) is 19.0. The summed E-state index contributed by atoms with van der Waals surface area (Å²) in [6.07, 6.45) is 8.13. The molecule has 1 heterocycles. The Morgan fingerprint density at radius 2 is 1.61 bits per heavy atom. The van der Waals surface area contributed by atoms with Crippen LogP contribution in [0, 0.1) is 5.41 Å². The van der Waals surface area contributed by atoms with Gasteiger partial charge in [0.05, 0.1) is 0 Å². The number of hydrogen-bond donors (Lipinski definition) is 0. The lowest BCUT2D eigenvalue weighted by molar-refractivity contribution is -0.156. The lowest BCUT2D eigenvalue weighted by Crippen LogP contribution is -2.47. The first kappa shape index (κ1) is 23.6. The predicted octanol–water partition coefficient (Wildman–Crippen LogP) is 2.47. The van der Waals surface area contributed by atoms with Crippen LogP contribution in [-0.4, -0.2) is 60.2 Å². The van der Waals surface area contributed by atoms with Crippen LogP contribution in [0.2, 0.25) is 0 Å². The van der Waals surface area contributed by atoms with Gasteiger partial charge in [0.15, 0.2) is 0 Å². The van der Waals surface area contributed by atoms with E-state index in [0.717, 1.165) is 12.8 Å². The van der Waals surface area contributed by atoms with Crippen LogP contribution in [0.15, 0.2) is 23.3 Å². The molecule has 0 unspecified atom stereocenters. The molecular weight excluding hydrogens is 360 g/mol. The molecule has 0 radical (unpaired) electrons. The van der Waals surface area contributed by atoms with Crippen LogP contribution in [0.3, 0.4) is 0 Å². The van der Waals surface area contributed by atoms with E-state index in [1.165, 1.54) is 37.8 Å². The summed E-state index contributed by atoms with van der Waals surface area (Å²) in [5, 5.41) is 0. The highest BCUT2D eigenvalue weighted by Gasteiger charge is 2.27. The summed E-state index contributed by atoms with van der Waals surface area (Å²) in [5.41, 5.74) is 2.88. The van der Waals surface area contributed by atoms with Crippen molar-refractivity contribution < 1.29 is 23.9 Å². The molecule has 156 valence electrons. The summed E-state index contributed by atoms with van der Waals surface area (Å²) >= 11 is 0. The van der Waals surface area contributed by atoms with Gasteiger partial charge in [-0.2, -0.15) is 0 Å². The number of allylic oxidation sites excluding steroid dienone is 3. The maximum atomic E-state index is 12.3. The Morgan fingerprint density at radius 1 is 1.04 bits per heavy atom. The van der Waals surface area contributed by atoms with Gasteiger partial charge >= 0.3 is 11.9 Å². The molecule has 7 heteroatoms. The van der Waals surface area contributed by atoms with Crippen molar-refractivity contribution in [2.75, 3.05) is 26.2 Å². The van der Waals surface area contributed by atoms with E-state index in [2.05, 4.69) is 25.5 Å². The Balaban J connectivity index is 0.000000480. The second-order valence-corrected chi connectivity index (χ2v) is 7.82. The van der Waals surface area contributed by atoms with E-state index < -0.39 is 11.9 Å². The quantitative estimate of drug-likeness (QED) is 0.319. The monoisotopic (exact) mass is 392 g/mol. The molecule has 0 aromatic rings. The van der Waals surface area contributed by atoms with Crippen LogP contribution < -0.4 is 0 Å². The van der Waals surface area contributed by atoms with Crippen LogP contribution in [0.1, 0.15) is 53.9 Å². The minimum absolute atomic E-state index is 0.0576. The van der Waals surface area contributed by atoms with Gasteiger partial charge in [-0.1, -0.05) is 25.5 Å². The summed E-state index contributed by atoms with van der Waals surface area (Å²) in [7, 11) is 0. The van der Waals surface area contributed by atoms with Crippen molar-refractivity contribution in [1.29, 1.82) is 0 Å². The van der Waals surface area contributed by atoms with Gasteiger partial charge in [0, 0.05) is 46.1 Å². The van der Waals surface area contributed by atoms with Gasteiger partial charge in [-0.3, -0.25) is 19.2 Å². The van der Waals surface area contributed by atoms with Crippen LogP contribution >= 0.6 is 0 Å². The largest absolute Gasteiger partial charge is 0.394 e. The Kier molecular flexibility index (Phi) is 9.09. The highest BCUT2D eigenvalue weighted by Crippen LogP contribution is 2.40. The van der Waals surface area contributed by atoms with E-state index >= 15 is 0 Å². The number of piperazine rings is 1. The molecule has 0 aromatic heterocycles. The second-order valence-electron chi connectivity index (χ2n) is 7.82. The summed E-state index contributed by atoms with van der Waals surface area (Å²) in [4.78, 5) is 46.1. The lowest BCUT2D eigenvalue weighted by Gasteiger charge is -2.33. The van der Waals surface area contributed by atoms with Gasteiger partial charge in [-0.15, -0.1) is 0 Å². The molecule has 2 rings (SSSR count). The first-order valence-electron chi connectivity index (χ1n) is 9.62. The zero-order valence-corrected chi connectivity index (χ0v) is 17.6. The summed E-state index contributed by atoms with van der Waals surface area (Å²) in [6.45, 7) is 11.6. The zero-order chi connectivity index (χ0) is 21.3. The molecule has 0 N–H and O–H groups in total. The van der Waals surface area contributed by atoms with E-state index in [9.17, 15) is 19.2 Å². The molecule has 0 aromatic carbocycles. The zero-order valence-electron chi connectivity index (χ0n) is 17.6. The van der Waals surface area contributed by atoms with E-state index in [-0.39, 0.29) is 11.3 Å². The lowest BCUT2D eigenvalue weighted by atomic mass is 9.72. The summed E-state index contributed by atoms with van der Waals surface area (Å²) in [6, 6.07) is 0. The van der Waals surface area contributed by atoms with Crippen molar-refractivity contribution in [3.8, 4) is 0 Å². The van der Waals surface area contributed by atoms with Gasteiger partial charge < -0.3 is 14.5 Å². The third kappa shape index (κ3) is 7.66. The number of esters is 2. The smallest absolute Gasteiger partial charge is 0.310 e. The van der Waals surface area contributed by atoms with Crippen LogP contribution in [-0.2, 0) is 23.9 Å². The van der Waals surface area contributed by atoms with Crippen molar-refractivity contribution in [2.24, 2.45) is 5.41 Å². The third-order valence-electron chi connectivity index (χ3n) is 5.00. The Bertz CT molecular complexity index is 644. The SMILES string of the molecule is CC(=O)OC(C)=O.CC1=C(/C=C/C(=O)N2CCN(C=O)CC2)C(C)(C)CCC1. The highest BCUT2D eigenvalue weighted by atomic mass is 16.6. The minimum Gasteiger partial charge on any atom is -0.394 e. The molecule has 2 aliphatic rings. The van der Waals surface area contributed by atoms with Gasteiger partial charge in [0.1, 0.15) is 0 Å². The average molecular weight is 392 g/mol. The molecule has 2 amide bonds. The van der Waals surface area contributed by atoms with Crippen LogP contribution in [0.5, 0.6) is 0 Å². The maximum absolute atomic E-state index is 12.3. The Morgan fingerprint density at radius 3 is 2.04 bits per heavy atom. The first-order chi connectivity index (χ1) is 13.1. The molecule has 0 bridgehead atoms. The fraction of sp³-hybridized carbons (Fsp3) is 0.619. The molecule has 0 atom stereocenters. The van der Waals surface area contributed by atoms with Gasteiger partial charge in [-0.05, 0) is 37.2 Å². The van der Waals surface area contributed by atoms with E-state index in [1.54, 1.807) is 11.0 Å². The average Bonchev–Trinajstić information content (AvgIpc) is 2.60. The number of amides is 2. The molecule has 1 fully saturated rings. The Labute approximate surface area is 167 Å². The van der Waals surface area contributed by atoms with E-state index in [4.69, 9.17) is 0 Å². The fourth-order valence-electron chi connectivity index (χ4n) is 3.52. The number of ether oxygens (including phenoxy) is 1. The van der Waals surface area contributed by atoms with Gasteiger partial charge in [0.25, 0.3) is 0 Å². The molecule has 0 spiro atoms. The standard InChI is InChI=1S/C17H26N2O2.C4H6O3/c1-14-5-4-8-17(2,3)15(14)6-7-16(21)19-11-9-18(13-20)10-12-19;1-3(5)7-4(2)6/h6-7,13H,4-5,8-12H2,1-3H3;1-2H3/b7-6+;. The number of hydrogen-bond acceptors (Lipinski definition) is 5. The molecule has 28 heavy (non-hydrogen) atoms. The maximum Gasteiger partial charge on any atom is 0.310 e. The molecule has 1 aliphatic carbocycles. The van der Waals surface area contributed by atoms with Crippen molar-refractivity contribution >= 4 is 24.3 Å². The molecule has 0 saturated carbocycles. The first-order valence-corrected chi connectivity index (χ1v) is 9.62. The van der Waals surface area contributed by atoms with Crippen molar-refractivity contribution in [1.82, 2.24) is 9.80 Å². The number of carbonyl (C=O) groups is 4. The second kappa shape index (κ2) is 10.8. The van der Waals surface area contributed by atoms with Gasteiger partial charge in [0.2, 0.25) is 12.3 Å². The molecule has 1 aliphatic heterocycles. The summed E-state index contributed by atoms with van der Waals surface area (Å²) in [5.74, 6) is -1.07. The number of rotatable bonds is 3. The fourth-order valence-corrected chi connectivity index (χ4v) is 3.52. The predicted molar refractivity (Wildman–Crippen MR) is 106 cm³/mol. The topological polar surface area (TPSA) is 84.0 Å². The third-order valence-corrected chi connectivity index (χ3v) is 5.00. The molecule has 7 nitrogen and oxygen atoms in total. The molecular formula is C21H32N2O5. The number of nitrogens with zero attached hydrogens (tertiary/aromatic N) is 2. The van der Waals surface area contributed by atoms with E-state index in [1.807, 2.05) is 11.0 Å². The Hall–Kier alpha value is -2.44. The summed E-state index contributed by atoms with van der Waals surface area (Å²) < 4.78 is 3.97. The van der Waals surface area contributed by atoms with Gasteiger partial charge in [-0.25, -0.2) is 0 Å². The van der Waals surface area contributed by atoms with Crippen molar-refractivity contribution in [2.45, 2.75) is 53.9 Å².